The van der Waals surface area contributed by atoms with E-state index in [0.717, 1.165) is 22.6 Å². The quantitative estimate of drug-likeness (QED) is 0.463. The molecule has 0 aliphatic heterocycles. The maximum Gasteiger partial charge on any atom is 0.125 e. The van der Waals surface area contributed by atoms with Gasteiger partial charge in [-0.15, -0.1) is 23.9 Å². The molecule has 0 saturated heterocycles. The van der Waals surface area contributed by atoms with Crippen molar-refractivity contribution in [2.45, 2.75) is 44.2 Å². The Morgan fingerprint density at radius 3 is 3.11 bits per heavy atom. The molecule has 0 spiro atoms. The molecule has 3 heteroatoms. The van der Waals surface area contributed by atoms with Gasteiger partial charge in [0.2, 0.25) is 0 Å². The highest BCUT2D eigenvalue weighted by Gasteiger charge is 2.23. The minimum atomic E-state index is -0.975. The van der Waals surface area contributed by atoms with E-state index in [2.05, 4.69) is 5.92 Å². The van der Waals surface area contributed by atoms with Gasteiger partial charge in [-0.2, -0.15) is 0 Å². The molecule has 0 bridgehead atoms. The molecule has 1 heterocycles. The van der Waals surface area contributed by atoms with Gasteiger partial charge in [0.1, 0.15) is 17.7 Å². The second-order valence-electron chi connectivity index (χ2n) is 4.62. The summed E-state index contributed by atoms with van der Waals surface area (Å²) < 4.78 is 19.3. The smallest absolute Gasteiger partial charge is 0.125 e. The van der Waals surface area contributed by atoms with Crippen LogP contribution in [0.1, 0.15) is 29.6 Å². The summed E-state index contributed by atoms with van der Waals surface area (Å²) in [5.41, 5.74) is 2.08. The fourth-order valence-electron chi connectivity index (χ4n) is 2.32. The molecule has 2 rings (SSSR count). The highest BCUT2D eigenvalue weighted by atomic mass is 35.5. The summed E-state index contributed by atoms with van der Waals surface area (Å²) in [6, 6.07) is 0. The van der Waals surface area contributed by atoms with Crippen LogP contribution in [0.25, 0.3) is 0 Å². The zero-order valence-electron chi connectivity index (χ0n) is 10.4. The summed E-state index contributed by atoms with van der Waals surface area (Å²) in [5, 5.41) is -0.0203. The zero-order valence-corrected chi connectivity index (χ0v) is 11.1. The molecule has 0 saturated carbocycles. The molecule has 96 valence electrons. The molecule has 1 nitrogen and oxygen atoms in total. The zero-order chi connectivity index (χ0) is 13.1. The van der Waals surface area contributed by atoms with Gasteiger partial charge >= 0.3 is 0 Å². The van der Waals surface area contributed by atoms with Crippen LogP contribution in [-0.4, -0.2) is 11.5 Å². The summed E-state index contributed by atoms with van der Waals surface area (Å²) in [7, 11) is 0. The van der Waals surface area contributed by atoms with Gasteiger partial charge < -0.3 is 4.42 Å². The number of fused-ring (bicyclic) bond motifs is 1. The van der Waals surface area contributed by atoms with E-state index in [1.54, 1.807) is 6.08 Å². The van der Waals surface area contributed by atoms with Crippen molar-refractivity contribution < 1.29 is 8.81 Å². The Morgan fingerprint density at radius 2 is 2.44 bits per heavy atom. The van der Waals surface area contributed by atoms with Gasteiger partial charge in [0.15, 0.2) is 0 Å². The topological polar surface area (TPSA) is 13.1 Å². The van der Waals surface area contributed by atoms with E-state index in [1.807, 2.05) is 13.0 Å². The molecular weight excluding hydrogens is 251 g/mol. The molecule has 0 aromatic carbocycles. The molecule has 1 aliphatic carbocycles. The van der Waals surface area contributed by atoms with Crippen LogP contribution < -0.4 is 0 Å². The van der Waals surface area contributed by atoms with Crippen LogP contribution in [-0.2, 0) is 25.7 Å². The molecule has 2 unspecified atom stereocenters. The Bertz CT molecular complexity index is 493. The first-order valence-electron chi connectivity index (χ1n) is 6.12. The maximum absolute atomic E-state index is 13.5. The third-order valence-electron chi connectivity index (χ3n) is 3.08. The monoisotopic (exact) mass is 266 g/mol. The Labute approximate surface area is 112 Å². The third kappa shape index (κ3) is 2.79. The summed E-state index contributed by atoms with van der Waals surface area (Å²) in [6.07, 6.45) is 9.98. The molecule has 0 N–H and O–H groups in total. The Morgan fingerprint density at radius 1 is 1.67 bits per heavy atom. The van der Waals surface area contributed by atoms with Crippen LogP contribution in [0.2, 0.25) is 0 Å². The van der Waals surface area contributed by atoms with E-state index in [0.29, 0.717) is 25.7 Å². The molecular formula is C15H16ClFO. The van der Waals surface area contributed by atoms with Crippen LogP contribution in [0, 0.1) is 12.3 Å². The van der Waals surface area contributed by atoms with Crippen LogP contribution in [0.15, 0.2) is 16.6 Å². The number of allylic oxidation sites excluding steroid dienone is 2. The first-order chi connectivity index (χ1) is 8.61. The average molecular weight is 267 g/mol. The van der Waals surface area contributed by atoms with Gasteiger partial charge in [-0.25, -0.2) is 4.39 Å². The van der Waals surface area contributed by atoms with E-state index in [-0.39, 0.29) is 5.38 Å². The molecule has 1 aliphatic rings. The van der Waals surface area contributed by atoms with Gasteiger partial charge in [0, 0.05) is 35.8 Å². The van der Waals surface area contributed by atoms with Gasteiger partial charge in [-0.1, -0.05) is 12.2 Å². The highest BCUT2D eigenvalue weighted by molar-refractivity contribution is 6.20. The SMILES string of the molecule is C#CCc1c(CC(C)Cl)oc2c1CC=CC(F)C2. The van der Waals surface area contributed by atoms with Crippen molar-refractivity contribution in [2.24, 2.45) is 0 Å². The van der Waals surface area contributed by atoms with E-state index in [1.165, 1.54) is 0 Å². The fraction of sp³-hybridized carbons (Fsp3) is 0.467. The molecule has 1 aromatic rings. The van der Waals surface area contributed by atoms with Crippen LogP contribution in [0.3, 0.4) is 0 Å². The number of hydrogen-bond acceptors (Lipinski definition) is 1. The largest absolute Gasteiger partial charge is 0.465 e. The lowest BCUT2D eigenvalue weighted by Gasteiger charge is -2.03. The first-order valence-corrected chi connectivity index (χ1v) is 6.56. The van der Waals surface area contributed by atoms with Crippen LogP contribution in [0.4, 0.5) is 4.39 Å². The molecule has 18 heavy (non-hydrogen) atoms. The Hall–Kier alpha value is -1.20. The summed E-state index contributed by atoms with van der Waals surface area (Å²) >= 11 is 6.01. The van der Waals surface area contributed by atoms with Crippen molar-refractivity contribution in [3.05, 3.63) is 34.8 Å². The van der Waals surface area contributed by atoms with Crippen molar-refractivity contribution in [3.63, 3.8) is 0 Å². The number of halogens is 2. The lowest BCUT2D eigenvalue weighted by Crippen LogP contribution is -2.00. The van der Waals surface area contributed by atoms with Crippen LogP contribution in [0.5, 0.6) is 0 Å². The lowest BCUT2D eigenvalue weighted by molar-refractivity contribution is 0.361. The van der Waals surface area contributed by atoms with Gasteiger partial charge in [0.25, 0.3) is 0 Å². The Kier molecular flexibility index (Phi) is 4.14. The van der Waals surface area contributed by atoms with E-state index in [4.69, 9.17) is 22.4 Å². The average Bonchev–Trinajstić information content (AvgIpc) is 2.48. The van der Waals surface area contributed by atoms with E-state index >= 15 is 0 Å². The fourth-order valence-corrected chi connectivity index (χ4v) is 2.46. The minimum absolute atomic E-state index is 0.0203. The summed E-state index contributed by atoms with van der Waals surface area (Å²) in [6.45, 7) is 1.91. The number of rotatable bonds is 3. The van der Waals surface area contributed by atoms with Crippen molar-refractivity contribution in [2.75, 3.05) is 0 Å². The normalized spacial score (nSPS) is 20.0. The predicted octanol–water partition coefficient (Wildman–Crippen LogP) is 3.62. The standard InChI is InChI=1S/C15H16ClFO/c1-3-5-12-13-7-4-6-11(17)9-15(13)18-14(12)8-10(2)16/h1,4,6,10-11H,5,7-9H2,2H3. The molecule has 0 amide bonds. The lowest BCUT2D eigenvalue weighted by atomic mass is 10.0. The molecule has 0 radical (unpaired) electrons. The second kappa shape index (κ2) is 5.63. The van der Waals surface area contributed by atoms with Crippen molar-refractivity contribution >= 4 is 11.6 Å². The summed E-state index contributed by atoms with van der Waals surface area (Å²) in [5.74, 6) is 4.19. The minimum Gasteiger partial charge on any atom is -0.465 e. The van der Waals surface area contributed by atoms with E-state index < -0.39 is 6.17 Å². The number of hydrogen-bond donors (Lipinski definition) is 0. The van der Waals surface area contributed by atoms with Gasteiger partial charge in [-0.3, -0.25) is 0 Å². The molecule has 2 atom stereocenters. The third-order valence-corrected chi connectivity index (χ3v) is 3.23. The maximum atomic E-state index is 13.5. The number of furan rings is 1. The molecule has 1 aromatic heterocycles. The summed E-state index contributed by atoms with van der Waals surface area (Å²) in [4.78, 5) is 0. The van der Waals surface area contributed by atoms with Crippen molar-refractivity contribution in [1.82, 2.24) is 0 Å². The predicted molar refractivity (Wildman–Crippen MR) is 71.7 cm³/mol. The highest BCUT2D eigenvalue weighted by Crippen LogP contribution is 2.29. The van der Waals surface area contributed by atoms with Gasteiger partial charge in [0.05, 0.1) is 0 Å². The number of terminal acetylenes is 1. The Balaban J connectivity index is 2.40. The first kappa shape index (κ1) is 13.2. The van der Waals surface area contributed by atoms with Crippen LogP contribution >= 0.6 is 11.6 Å². The second-order valence-corrected chi connectivity index (χ2v) is 5.37. The van der Waals surface area contributed by atoms with Gasteiger partial charge in [-0.05, 0) is 13.3 Å². The van der Waals surface area contributed by atoms with E-state index in [9.17, 15) is 4.39 Å². The number of alkyl halides is 2. The van der Waals surface area contributed by atoms with Crippen molar-refractivity contribution in [3.8, 4) is 12.3 Å². The van der Waals surface area contributed by atoms with Crippen molar-refractivity contribution in [1.29, 1.82) is 0 Å². The molecule has 0 fully saturated rings.